The Morgan fingerprint density at radius 2 is 2.12 bits per heavy atom. The quantitative estimate of drug-likeness (QED) is 0.380. The van der Waals surface area contributed by atoms with Gasteiger partial charge in [-0.15, -0.1) is 0 Å². The van der Waals surface area contributed by atoms with Gasteiger partial charge in [0.25, 0.3) is 5.91 Å². The van der Waals surface area contributed by atoms with Crippen LogP contribution in [0.4, 0.5) is 10.5 Å². The van der Waals surface area contributed by atoms with Crippen LogP contribution in [0.5, 0.6) is 5.75 Å². The Balaban J connectivity index is 1.45. The number of hydrogen-bond acceptors (Lipinski definition) is 8. The smallest absolute Gasteiger partial charge is 0.410 e. The lowest BCUT2D eigenvalue weighted by Crippen LogP contribution is -2.52. The summed E-state index contributed by atoms with van der Waals surface area (Å²) in [6.45, 7) is 9.68. The fourth-order valence-electron chi connectivity index (χ4n) is 4.42. The molecule has 1 fully saturated rings. The fraction of sp³-hybridized carbons (Fsp3) is 0.448. The number of nitrogens with zero attached hydrogens (tertiary/aromatic N) is 2. The molecule has 2 amide bonds. The number of benzene rings is 1. The van der Waals surface area contributed by atoms with Crippen molar-refractivity contribution in [1.82, 2.24) is 20.5 Å². The molecular weight excluding hydrogens is 566 g/mol. The predicted molar refractivity (Wildman–Crippen MR) is 161 cm³/mol. The van der Waals surface area contributed by atoms with Gasteiger partial charge < -0.3 is 30.2 Å². The average Bonchev–Trinajstić information content (AvgIpc) is 2.93. The molecule has 12 heteroatoms. The molecule has 3 N–H and O–H groups in total. The molecule has 2 aliphatic heterocycles. The van der Waals surface area contributed by atoms with Crippen molar-refractivity contribution in [2.24, 2.45) is 0 Å². The normalized spacial score (nSPS) is 17.5. The first-order chi connectivity index (χ1) is 19.5. The highest BCUT2D eigenvalue weighted by Gasteiger charge is 2.32. The van der Waals surface area contributed by atoms with Gasteiger partial charge in [0.15, 0.2) is 0 Å². The Bertz CT molecular complexity index is 1330. The maximum Gasteiger partial charge on any atom is 0.410 e. The molecule has 0 unspecified atom stereocenters. The zero-order valence-electron chi connectivity index (χ0n) is 23.7. The summed E-state index contributed by atoms with van der Waals surface area (Å²) in [5.41, 5.74) is 2.93. The number of amides is 2. The number of halogens is 1. The molecule has 2 aromatic rings. The van der Waals surface area contributed by atoms with Crippen LogP contribution in [0.15, 0.2) is 47.9 Å². The van der Waals surface area contributed by atoms with E-state index in [-0.39, 0.29) is 18.6 Å². The highest BCUT2D eigenvalue weighted by Crippen LogP contribution is 2.25. The Hall–Kier alpha value is -3.41. The number of pyridine rings is 1. The largest absolute Gasteiger partial charge is 0.489 e. The first kappa shape index (κ1) is 30.5. The number of nitrogens with one attached hydrogen (secondary N) is 3. The van der Waals surface area contributed by atoms with E-state index >= 15 is 0 Å². The minimum Gasteiger partial charge on any atom is -0.489 e. The van der Waals surface area contributed by atoms with Gasteiger partial charge in [0, 0.05) is 54.2 Å². The number of rotatable bonds is 8. The molecule has 1 aromatic carbocycles. The summed E-state index contributed by atoms with van der Waals surface area (Å²) in [6.07, 6.45) is 3.51. The standard InChI is InChI=1S/C29H36ClN5O5S/c1-18-21(30)6-5-7-22(18)34-27(41)25-23(9-11-32-26(25)36)33-14-19-8-10-31-15-24(19)39-17-20-16-38-13-12-35(20)28(37)40-29(2,3)4/h5-8,10,15,20,33H,9,11-14,16-17H2,1-4H3,(H,32,36)(H,34,41)/t20-/m1/s1. The molecular formula is C29H36ClN5O5S. The third-order valence-electron chi connectivity index (χ3n) is 6.58. The Morgan fingerprint density at radius 3 is 2.90 bits per heavy atom. The van der Waals surface area contributed by atoms with Gasteiger partial charge >= 0.3 is 6.09 Å². The number of aromatic nitrogens is 1. The van der Waals surface area contributed by atoms with Crippen LogP contribution in [-0.4, -0.2) is 71.4 Å². The maximum absolute atomic E-state index is 12.9. The fourth-order valence-corrected chi connectivity index (χ4v) is 4.92. The summed E-state index contributed by atoms with van der Waals surface area (Å²) in [5, 5.41) is 10.0. The first-order valence-electron chi connectivity index (χ1n) is 13.5. The van der Waals surface area contributed by atoms with E-state index < -0.39 is 11.7 Å². The number of morpholine rings is 1. The molecule has 0 radical (unpaired) electrons. The SMILES string of the molecule is Cc1c(Cl)cccc1NC(=S)C1=C(NCc2ccncc2OC[C@H]2COCCN2C(=O)OC(C)(C)C)CCNC1=O. The van der Waals surface area contributed by atoms with Gasteiger partial charge in [0.2, 0.25) is 0 Å². The van der Waals surface area contributed by atoms with Gasteiger partial charge in [-0.1, -0.05) is 29.9 Å². The van der Waals surface area contributed by atoms with Crippen molar-refractivity contribution in [2.75, 3.05) is 38.2 Å². The van der Waals surface area contributed by atoms with E-state index in [9.17, 15) is 9.59 Å². The second-order valence-electron chi connectivity index (χ2n) is 10.8. The second-order valence-corrected chi connectivity index (χ2v) is 11.6. The molecule has 41 heavy (non-hydrogen) atoms. The molecule has 2 aliphatic rings. The van der Waals surface area contributed by atoms with Crippen LogP contribution in [0.1, 0.15) is 38.3 Å². The Morgan fingerprint density at radius 1 is 1.32 bits per heavy atom. The number of anilines is 1. The predicted octanol–water partition coefficient (Wildman–Crippen LogP) is 4.36. The molecule has 0 bridgehead atoms. The van der Waals surface area contributed by atoms with Crippen molar-refractivity contribution < 1.29 is 23.8 Å². The molecule has 0 spiro atoms. The third-order valence-corrected chi connectivity index (χ3v) is 7.30. The number of hydrogen-bond donors (Lipinski definition) is 3. The lowest BCUT2D eigenvalue weighted by Gasteiger charge is -2.36. The van der Waals surface area contributed by atoms with E-state index in [0.717, 1.165) is 22.5 Å². The van der Waals surface area contributed by atoms with E-state index in [1.807, 2.05) is 45.9 Å². The van der Waals surface area contributed by atoms with E-state index in [2.05, 4.69) is 20.9 Å². The molecule has 0 aliphatic carbocycles. The lowest BCUT2D eigenvalue weighted by molar-refractivity contribution is -0.117. The summed E-state index contributed by atoms with van der Waals surface area (Å²) in [6, 6.07) is 7.03. The summed E-state index contributed by atoms with van der Waals surface area (Å²) >= 11 is 11.9. The summed E-state index contributed by atoms with van der Waals surface area (Å²) in [7, 11) is 0. The molecule has 1 saturated heterocycles. The Labute approximate surface area is 250 Å². The molecule has 1 atom stereocenters. The maximum atomic E-state index is 12.9. The van der Waals surface area contributed by atoms with E-state index in [1.54, 1.807) is 23.4 Å². The van der Waals surface area contributed by atoms with Crippen LogP contribution >= 0.6 is 23.8 Å². The zero-order chi connectivity index (χ0) is 29.6. The first-order valence-corrected chi connectivity index (χ1v) is 14.3. The molecule has 10 nitrogen and oxygen atoms in total. The van der Waals surface area contributed by atoms with Crippen LogP contribution in [0, 0.1) is 6.92 Å². The van der Waals surface area contributed by atoms with Crippen LogP contribution in [0.2, 0.25) is 5.02 Å². The Kier molecular flexibility index (Phi) is 10.1. The summed E-state index contributed by atoms with van der Waals surface area (Å²) in [5.74, 6) is 0.314. The van der Waals surface area contributed by atoms with E-state index in [1.165, 1.54) is 0 Å². The van der Waals surface area contributed by atoms with E-state index in [0.29, 0.717) is 60.6 Å². The highest BCUT2D eigenvalue weighted by atomic mass is 35.5. The van der Waals surface area contributed by atoms with Gasteiger partial charge in [-0.3, -0.25) is 14.7 Å². The molecule has 3 heterocycles. The third kappa shape index (κ3) is 8.08. The van der Waals surface area contributed by atoms with Crippen molar-refractivity contribution >= 4 is 46.5 Å². The van der Waals surface area contributed by atoms with Gasteiger partial charge in [0.1, 0.15) is 22.9 Å². The minimum atomic E-state index is -0.600. The van der Waals surface area contributed by atoms with E-state index in [4.69, 9.17) is 38.0 Å². The number of ether oxygens (including phenoxy) is 3. The van der Waals surface area contributed by atoms with Gasteiger partial charge in [0.05, 0.1) is 31.0 Å². The summed E-state index contributed by atoms with van der Waals surface area (Å²) < 4.78 is 17.3. The van der Waals surface area contributed by atoms with Crippen molar-refractivity contribution in [3.63, 3.8) is 0 Å². The number of thiocarbonyl (C=S) groups is 1. The van der Waals surface area contributed by atoms with Crippen LogP contribution in [0.25, 0.3) is 0 Å². The number of carbonyl (C=O) groups is 2. The average molecular weight is 602 g/mol. The monoisotopic (exact) mass is 601 g/mol. The van der Waals surface area contributed by atoms with Crippen LogP contribution < -0.4 is 20.7 Å². The van der Waals surface area contributed by atoms with Crippen molar-refractivity contribution in [2.45, 2.75) is 52.3 Å². The zero-order valence-corrected chi connectivity index (χ0v) is 25.3. The van der Waals surface area contributed by atoms with Crippen LogP contribution in [0.3, 0.4) is 0 Å². The number of carbonyl (C=O) groups excluding carboxylic acids is 2. The van der Waals surface area contributed by atoms with Crippen molar-refractivity contribution in [1.29, 1.82) is 0 Å². The van der Waals surface area contributed by atoms with Gasteiger partial charge in [-0.05, 0) is 51.5 Å². The summed E-state index contributed by atoms with van der Waals surface area (Å²) in [4.78, 5) is 31.8. The van der Waals surface area contributed by atoms with Crippen molar-refractivity contribution in [3.8, 4) is 5.75 Å². The topological polar surface area (TPSA) is 114 Å². The molecule has 0 saturated carbocycles. The lowest BCUT2D eigenvalue weighted by atomic mass is 10.1. The minimum absolute atomic E-state index is 0.210. The molecule has 4 rings (SSSR count). The molecule has 1 aromatic heterocycles. The van der Waals surface area contributed by atoms with Gasteiger partial charge in [-0.25, -0.2) is 4.79 Å². The van der Waals surface area contributed by atoms with Crippen LogP contribution in [-0.2, 0) is 20.8 Å². The second kappa shape index (κ2) is 13.5. The highest BCUT2D eigenvalue weighted by molar-refractivity contribution is 7.81. The van der Waals surface area contributed by atoms with Gasteiger partial charge in [-0.2, -0.15) is 0 Å². The molecule has 220 valence electrons. The van der Waals surface area contributed by atoms with Crippen molar-refractivity contribution in [3.05, 3.63) is 64.1 Å².